The van der Waals surface area contributed by atoms with Crippen molar-refractivity contribution in [3.63, 3.8) is 0 Å². The SMILES string of the molecule is C1=CNNC=C1.Cl.Cl. The summed E-state index contributed by atoms with van der Waals surface area (Å²) in [6, 6.07) is 0. The molecule has 0 fully saturated rings. The van der Waals surface area contributed by atoms with E-state index in [0.717, 1.165) is 0 Å². The zero-order valence-corrected chi connectivity index (χ0v) is 5.76. The van der Waals surface area contributed by atoms with Crippen molar-refractivity contribution >= 4 is 24.8 Å². The van der Waals surface area contributed by atoms with Gasteiger partial charge in [-0.05, 0) is 12.2 Å². The normalized spacial score (nSPS) is 12.0. The smallest absolute Gasteiger partial charge is 0.0178 e. The Kier molecular flexibility index (Phi) is 8.83. The van der Waals surface area contributed by atoms with Gasteiger partial charge in [-0.1, -0.05) is 0 Å². The van der Waals surface area contributed by atoms with Crippen LogP contribution in [0.5, 0.6) is 0 Å². The first-order valence-electron chi connectivity index (χ1n) is 1.83. The summed E-state index contributed by atoms with van der Waals surface area (Å²) in [7, 11) is 0. The molecule has 0 aromatic rings. The molecule has 0 saturated heterocycles. The maximum Gasteiger partial charge on any atom is 0.0178 e. The number of hydrogen-bond donors (Lipinski definition) is 2. The van der Waals surface area contributed by atoms with Crippen LogP contribution in [0.1, 0.15) is 0 Å². The van der Waals surface area contributed by atoms with Crippen LogP contribution in [0.3, 0.4) is 0 Å². The first-order chi connectivity index (χ1) is 3.00. The molecule has 0 aromatic carbocycles. The molecule has 2 N–H and O–H groups in total. The molecule has 0 atom stereocenters. The molecular formula is C4H8Cl2N2. The fourth-order valence-corrected chi connectivity index (χ4v) is 0.304. The van der Waals surface area contributed by atoms with E-state index in [-0.39, 0.29) is 24.8 Å². The highest BCUT2D eigenvalue weighted by molar-refractivity contribution is 5.85. The molecule has 1 heterocycles. The van der Waals surface area contributed by atoms with Gasteiger partial charge in [-0.15, -0.1) is 24.8 Å². The van der Waals surface area contributed by atoms with Crippen molar-refractivity contribution in [2.24, 2.45) is 0 Å². The molecule has 4 heteroatoms. The zero-order valence-electron chi connectivity index (χ0n) is 4.13. The summed E-state index contributed by atoms with van der Waals surface area (Å²) in [6.07, 6.45) is 7.47. The number of hydrazine groups is 1. The van der Waals surface area contributed by atoms with E-state index < -0.39 is 0 Å². The standard InChI is InChI=1S/C4H6N2.2ClH/c1-2-4-6-5-3-1;;/h1-6H;2*1H. The Morgan fingerprint density at radius 2 is 1.12 bits per heavy atom. The Morgan fingerprint density at radius 3 is 1.25 bits per heavy atom. The van der Waals surface area contributed by atoms with Crippen LogP contribution in [-0.2, 0) is 0 Å². The minimum atomic E-state index is 0. The van der Waals surface area contributed by atoms with E-state index in [1.165, 1.54) is 0 Å². The Bertz CT molecular complexity index is 78.0. The van der Waals surface area contributed by atoms with E-state index in [9.17, 15) is 0 Å². The first-order valence-corrected chi connectivity index (χ1v) is 1.83. The lowest BCUT2D eigenvalue weighted by molar-refractivity contribution is 0.767. The van der Waals surface area contributed by atoms with Gasteiger partial charge >= 0.3 is 0 Å². The van der Waals surface area contributed by atoms with Crippen molar-refractivity contribution in [1.82, 2.24) is 10.9 Å². The van der Waals surface area contributed by atoms with Gasteiger partial charge in [-0.2, -0.15) is 0 Å². The van der Waals surface area contributed by atoms with Gasteiger partial charge in [-0.3, -0.25) is 0 Å². The lowest BCUT2D eigenvalue weighted by atomic mass is 10.5. The number of nitrogens with one attached hydrogen (secondary N) is 2. The van der Waals surface area contributed by atoms with Gasteiger partial charge in [0, 0.05) is 12.4 Å². The zero-order chi connectivity index (χ0) is 4.24. The Hall–Kier alpha value is -0.340. The van der Waals surface area contributed by atoms with Crippen LogP contribution < -0.4 is 10.9 Å². The summed E-state index contributed by atoms with van der Waals surface area (Å²) < 4.78 is 0. The monoisotopic (exact) mass is 154 g/mol. The van der Waals surface area contributed by atoms with Crippen LogP contribution in [0.2, 0.25) is 0 Å². The van der Waals surface area contributed by atoms with Gasteiger partial charge in [-0.25, -0.2) is 0 Å². The Labute approximate surface area is 60.8 Å². The van der Waals surface area contributed by atoms with E-state index in [4.69, 9.17) is 0 Å². The predicted octanol–water partition coefficient (Wildman–Crippen LogP) is 0.965. The van der Waals surface area contributed by atoms with Crippen LogP contribution in [-0.4, -0.2) is 0 Å². The molecule has 8 heavy (non-hydrogen) atoms. The molecule has 48 valence electrons. The second kappa shape index (κ2) is 6.66. The summed E-state index contributed by atoms with van der Waals surface area (Å²) in [5.74, 6) is 0. The fraction of sp³-hybridized carbons (Fsp3) is 0. The highest BCUT2D eigenvalue weighted by atomic mass is 35.5. The molecule has 0 aromatic heterocycles. The topological polar surface area (TPSA) is 24.1 Å². The third-order valence-corrected chi connectivity index (χ3v) is 0.554. The number of halogens is 2. The van der Waals surface area contributed by atoms with E-state index in [0.29, 0.717) is 0 Å². The second-order valence-corrected chi connectivity index (χ2v) is 1.01. The molecule has 0 radical (unpaired) electrons. The molecule has 0 unspecified atom stereocenters. The summed E-state index contributed by atoms with van der Waals surface area (Å²) in [5.41, 5.74) is 5.53. The summed E-state index contributed by atoms with van der Waals surface area (Å²) >= 11 is 0. The summed E-state index contributed by atoms with van der Waals surface area (Å²) in [6.45, 7) is 0. The van der Waals surface area contributed by atoms with Crippen molar-refractivity contribution in [3.05, 3.63) is 24.6 Å². The average Bonchev–Trinajstić information content (AvgIpc) is 1.72. The average molecular weight is 155 g/mol. The van der Waals surface area contributed by atoms with Gasteiger partial charge in [0.05, 0.1) is 0 Å². The maximum absolute atomic E-state index is 2.77. The number of allylic oxidation sites excluding steroid dienone is 2. The van der Waals surface area contributed by atoms with Crippen molar-refractivity contribution < 1.29 is 0 Å². The van der Waals surface area contributed by atoms with Crippen LogP contribution >= 0.6 is 24.8 Å². The van der Waals surface area contributed by atoms with Crippen LogP contribution in [0.4, 0.5) is 0 Å². The summed E-state index contributed by atoms with van der Waals surface area (Å²) in [5, 5.41) is 0. The molecule has 0 spiro atoms. The minimum absolute atomic E-state index is 0. The minimum Gasteiger partial charge on any atom is -0.309 e. The van der Waals surface area contributed by atoms with Crippen molar-refractivity contribution in [2.75, 3.05) is 0 Å². The third kappa shape index (κ3) is 3.84. The first kappa shape index (κ1) is 10.6. The van der Waals surface area contributed by atoms with E-state index in [1.807, 2.05) is 24.6 Å². The molecule has 2 nitrogen and oxygen atoms in total. The highest BCUT2D eigenvalue weighted by Crippen LogP contribution is 1.73. The molecule has 1 rings (SSSR count). The molecule has 0 bridgehead atoms. The van der Waals surface area contributed by atoms with Crippen LogP contribution in [0.15, 0.2) is 24.6 Å². The fourth-order valence-electron chi connectivity index (χ4n) is 0.304. The molecule has 1 aliphatic heterocycles. The number of hydrogen-bond acceptors (Lipinski definition) is 2. The van der Waals surface area contributed by atoms with Gasteiger partial charge in [0.15, 0.2) is 0 Å². The van der Waals surface area contributed by atoms with Gasteiger partial charge in [0.25, 0.3) is 0 Å². The lowest BCUT2D eigenvalue weighted by Crippen LogP contribution is -2.21. The van der Waals surface area contributed by atoms with Crippen molar-refractivity contribution in [3.8, 4) is 0 Å². The van der Waals surface area contributed by atoms with Gasteiger partial charge in [0.2, 0.25) is 0 Å². The lowest BCUT2D eigenvalue weighted by Gasteiger charge is -1.99. The molecular weight excluding hydrogens is 147 g/mol. The predicted molar refractivity (Wildman–Crippen MR) is 39.0 cm³/mol. The Balaban J connectivity index is 0. The quantitative estimate of drug-likeness (QED) is 0.544. The molecule has 0 aliphatic carbocycles. The second-order valence-electron chi connectivity index (χ2n) is 1.01. The van der Waals surface area contributed by atoms with Gasteiger partial charge < -0.3 is 10.9 Å². The van der Waals surface area contributed by atoms with Crippen molar-refractivity contribution in [2.45, 2.75) is 0 Å². The third-order valence-electron chi connectivity index (χ3n) is 0.554. The molecule has 0 amide bonds. The molecule has 1 aliphatic rings. The molecule has 0 saturated carbocycles. The number of rotatable bonds is 0. The van der Waals surface area contributed by atoms with E-state index in [2.05, 4.69) is 10.9 Å². The summed E-state index contributed by atoms with van der Waals surface area (Å²) in [4.78, 5) is 0. The van der Waals surface area contributed by atoms with Crippen molar-refractivity contribution in [1.29, 1.82) is 0 Å². The highest BCUT2D eigenvalue weighted by Gasteiger charge is 1.70. The van der Waals surface area contributed by atoms with Crippen LogP contribution in [0, 0.1) is 0 Å². The van der Waals surface area contributed by atoms with Crippen LogP contribution in [0.25, 0.3) is 0 Å². The Morgan fingerprint density at radius 1 is 0.750 bits per heavy atom. The van der Waals surface area contributed by atoms with E-state index in [1.54, 1.807) is 0 Å². The maximum atomic E-state index is 2.77. The van der Waals surface area contributed by atoms with E-state index >= 15 is 0 Å². The van der Waals surface area contributed by atoms with Gasteiger partial charge in [0.1, 0.15) is 0 Å². The largest absolute Gasteiger partial charge is 0.309 e.